The van der Waals surface area contributed by atoms with Crippen molar-refractivity contribution >= 4 is 21.6 Å². The van der Waals surface area contributed by atoms with Gasteiger partial charge in [0.2, 0.25) is 10.0 Å². The molecular formula is C14H12ClNO2S. The fraction of sp³-hybridized carbons (Fsp3) is 0.143. The van der Waals surface area contributed by atoms with Gasteiger partial charge in [-0.3, -0.25) is 0 Å². The second-order valence-corrected chi connectivity index (χ2v) is 6.78. The Morgan fingerprint density at radius 3 is 2.26 bits per heavy atom. The quantitative estimate of drug-likeness (QED) is 0.816. The van der Waals surface area contributed by atoms with Crippen molar-refractivity contribution in [2.45, 2.75) is 10.9 Å². The fourth-order valence-corrected chi connectivity index (χ4v) is 3.75. The van der Waals surface area contributed by atoms with Crippen molar-refractivity contribution in [2.24, 2.45) is 0 Å². The first-order valence-electron chi connectivity index (χ1n) is 5.91. The lowest BCUT2D eigenvalue weighted by Crippen LogP contribution is -2.12. The molecule has 0 bridgehead atoms. The molecule has 2 atom stereocenters. The topological polar surface area (TPSA) is 37.1 Å². The summed E-state index contributed by atoms with van der Waals surface area (Å²) >= 11 is 5.77. The number of sulfonamides is 1. The summed E-state index contributed by atoms with van der Waals surface area (Å²) in [6.45, 7) is 0.537. The maximum atomic E-state index is 12.4. The third kappa shape index (κ3) is 2.39. The van der Waals surface area contributed by atoms with Crippen molar-refractivity contribution in [3.8, 4) is 0 Å². The van der Waals surface area contributed by atoms with Crippen LogP contribution in [-0.2, 0) is 10.0 Å². The second-order valence-electron chi connectivity index (χ2n) is 4.46. The highest BCUT2D eigenvalue weighted by Gasteiger charge is 2.45. The van der Waals surface area contributed by atoms with E-state index >= 15 is 0 Å². The molecule has 98 valence electrons. The molecular weight excluding hydrogens is 282 g/mol. The van der Waals surface area contributed by atoms with Gasteiger partial charge in [-0.2, -0.15) is 4.31 Å². The van der Waals surface area contributed by atoms with E-state index in [1.165, 1.54) is 16.4 Å². The molecule has 2 aromatic rings. The molecule has 5 heteroatoms. The van der Waals surface area contributed by atoms with E-state index in [0.29, 0.717) is 11.6 Å². The van der Waals surface area contributed by atoms with Gasteiger partial charge in [-0.25, -0.2) is 8.42 Å². The zero-order valence-corrected chi connectivity index (χ0v) is 11.6. The van der Waals surface area contributed by atoms with Crippen LogP contribution in [0.3, 0.4) is 0 Å². The molecule has 1 heterocycles. The molecule has 1 aliphatic heterocycles. The minimum absolute atomic E-state index is 0.0399. The first-order valence-corrected chi connectivity index (χ1v) is 7.73. The Hall–Kier alpha value is -1.36. The van der Waals surface area contributed by atoms with E-state index in [-0.39, 0.29) is 10.9 Å². The van der Waals surface area contributed by atoms with Gasteiger partial charge >= 0.3 is 0 Å². The molecule has 0 saturated carbocycles. The first kappa shape index (κ1) is 12.7. The summed E-state index contributed by atoms with van der Waals surface area (Å²) in [7, 11) is -3.41. The van der Waals surface area contributed by atoms with Crippen molar-refractivity contribution in [1.29, 1.82) is 0 Å². The number of rotatable bonds is 3. The summed E-state index contributed by atoms with van der Waals surface area (Å²) < 4.78 is 26.2. The average Bonchev–Trinajstić information content (AvgIpc) is 3.21. The fourth-order valence-electron chi connectivity index (χ4n) is 2.08. The van der Waals surface area contributed by atoms with Crippen molar-refractivity contribution in [3.05, 3.63) is 65.2 Å². The largest absolute Gasteiger partial charge is 0.243 e. The summed E-state index contributed by atoms with van der Waals surface area (Å²) in [6, 6.07) is 15.9. The normalized spacial score (nSPS) is 22.2. The number of halogens is 1. The molecule has 1 fully saturated rings. The van der Waals surface area contributed by atoms with Crippen LogP contribution in [0.15, 0.2) is 59.5 Å². The zero-order valence-electron chi connectivity index (χ0n) is 10.0. The molecule has 0 aliphatic carbocycles. The number of hydrogen-bond donors (Lipinski definition) is 0. The zero-order chi connectivity index (χ0) is 13.5. The third-order valence-corrected chi connectivity index (χ3v) is 5.31. The second kappa shape index (κ2) is 4.63. The highest BCUT2D eigenvalue weighted by Crippen LogP contribution is 2.40. The van der Waals surface area contributed by atoms with Crippen LogP contribution in [-0.4, -0.2) is 19.3 Å². The van der Waals surface area contributed by atoms with E-state index in [4.69, 9.17) is 11.6 Å². The summed E-state index contributed by atoms with van der Waals surface area (Å²) in [5.41, 5.74) is 1.03. The van der Waals surface area contributed by atoms with Crippen LogP contribution in [0.5, 0.6) is 0 Å². The van der Waals surface area contributed by atoms with Crippen molar-refractivity contribution < 1.29 is 8.42 Å². The van der Waals surface area contributed by atoms with E-state index in [1.807, 2.05) is 30.3 Å². The molecule has 0 radical (unpaired) electrons. The summed E-state index contributed by atoms with van der Waals surface area (Å²) in [6.07, 6.45) is 0. The standard InChI is InChI=1S/C14H12ClNO2S/c15-12-6-8-13(9-7-12)19(17,18)16-10-14(16)11-4-2-1-3-5-11/h1-9,14H,10H2/t14-,16?/m1/s1. The van der Waals surface area contributed by atoms with Gasteiger partial charge in [0, 0.05) is 11.6 Å². The Balaban J connectivity index is 1.86. The van der Waals surface area contributed by atoms with Gasteiger partial charge in [0.25, 0.3) is 0 Å². The van der Waals surface area contributed by atoms with Gasteiger partial charge < -0.3 is 0 Å². The van der Waals surface area contributed by atoms with Crippen LogP contribution in [0.25, 0.3) is 0 Å². The van der Waals surface area contributed by atoms with Gasteiger partial charge in [-0.1, -0.05) is 41.9 Å². The van der Waals surface area contributed by atoms with E-state index in [1.54, 1.807) is 12.1 Å². The SMILES string of the molecule is O=S(=O)(c1ccc(Cl)cc1)N1C[C@@H]1c1ccccc1. The molecule has 0 spiro atoms. The molecule has 2 aromatic carbocycles. The predicted octanol–water partition coefficient (Wildman–Crippen LogP) is 3.09. The molecule has 1 aliphatic rings. The van der Waals surface area contributed by atoms with Gasteiger partial charge in [0.15, 0.2) is 0 Å². The minimum atomic E-state index is -3.41. The smallest absolute Gasteiger partial charge is 0.207 e. The Morgan fingerprint density at radius 2 is 1.63 bits per heavy atom. The summed E-state index contributed by atoms with van der Waals surface area (Å²) in [4.78, 5) is 0.287. The molecule has 3 rings (SSSR count). The van der Waals surface area contributed by atoms with E-state index in [9.17, 15) is 8.42 Å². The molecule has 0 amide bonds. The van der Waals surface area contributed by atoms with Crippen LogP contribution < -0.4 is 0 Å². The van der Waals surface area contributed by atoms with Crippen LogP contribution in [0.1, 0.15) is 11.6 Å². The lowest BCUT2D eigenvalue weighted by molar-refractivity contribution is 0.554. The van der Waals surface area contributed by atoms with Crippen molar-refractivity contribution in [3.63, 3.8) is 0 Å². The Labute approximate surface area is 117 Å². The number of hydrogen-bond acceptors (Lipinski definition) is 2. The Bertz CT molecular complexity index is 683. The lowest BCUT2D eigenvalue weighted by atomic mass is 10.2. The van der Waals surface area contributed by atoms with Crippen LogP contribution >= 0.6 is 11.6 Å². The third-order valence-electron chi connectivity index (χ3n) is 3.17. The minimum Gasteiger partial charge on any atom is -0.207 e. The van der Waals surface area contributed by atoms with E-state index in [2.05, 4.69) is 0 Å². The van der Waals surface area contributed by atoms with Crippen LogP contribution in [0, 0.1) is 0 Å². The van der Waals surface area contributed by atoms with Gasteiger partial charge in [0.05, 0.1) is 10.9 Å². The van der Waals surface area contributed by atoms with Crippen molar-refractivity contribution in [1.82, 2.24) is 4.31 Å². The molecule has 19 heavy (non-hydrogen) atoms. The van der Waals surface area contributed by atoms with Crippen LogP contribution in [0.2, 0.25) is 5.02 Å². The van der Waals surface area contributed by atoms with Crippen LogP contribution in [0.4, 0.5) is 0 Å². The lowest BCUT2D eigenvalue weighted by Gasteiger charge is -2.06. The Kier molecular flexibility index (Phi) is 3.09. The number of benzene rings is 2. The van der Waals surface area contributed by atoms with Gasteiger partial charge in [-0.15, -0.1) is 0 Å². The average molecular weight is 294 g/mol. The Morgan fingerprint density at radius 1 is 1.00 bits per heavy atom. The van der Waals surface area contributed by atoms with Crippen molar-refractivity contribution in [2.75, 3.05) is 6.54 Å². The van der Waals surface area contributed by atoms with Gasteiger partial charge in [-0.05, 0) is 29.8 Å². The van der Waals surface area contributed by atoms with E-state index < -0.39 is 10.0 Å². The molecule has 0 aromatic heterocycles. The molecule has 0 N–H and O–H groups in total. The summed E-state index contributed by atoms with van der Waals surface area (Å²) in [5, 5.41) is 0.532. The molecule has 1 saturated heterocycles. The summed E-state index contributed by atoms with van der Waals surface area (Å²) in [5.74, 6) is 0. The highest BCUT2D eigenvalue weighted by atomic mass is 35.5. The van der Waals surface area contributed by atoms with Gasteiger partial charge in [0.1, 0.15) is 0 Å². The van der Waals surface area contributed by atoms with E-state index in [0.717, 1.165) is 5.56 Å². The highest BCUT2D eigenvalue weighted by molar-refractivity contribution is 7.89. The monoisotopic (exact) mass is 293 g/mol. The number of nitrogens with zero attached hydrogens (tertiary/aromatic N) is 1. The molecule has 3 nitrogen and oxygen atoms in total. The maximum Gasteiger partial charge on any atom is 0.243 e. The molecule has 1 unspecified atom stereocenters. The maximum absolute atomic E-state index is 12.4. The predicted molar refractivity (Wildman–Crippen MR) is 74.5 cm³/mol. The first-order chi connectivity index (χ1) is 9.09.